The van der Waals surface area contributed by atoms with Crippen molar-refractivity contribution in [1.29, 1.82) is 0 Å². The summed E-state index contributed by atoms with van der Waals surface area (Å²) in [5, 5.41) is 3.81. The van der Waals surface area contributed by atoms with Crippen molar-refractivity contribution in [3.05, 3.63) is 70.4 Å². The van der Waals surface area contributed by atoms with E-state index in [2.05, 4.69) is 20.0 Å². The van der Waals surface area contributed by atoms with E-state index >= 15 is 0 Å². The van der Waals surface area contributed by atoms with Crippen molar-refractivity contribution in [3.8, 4) is 0 Å². The number of para-hydroxylation sites is 1. The molecule has 1 unspecified atom stereocenters. The molecule has 200 valence electrons. The molecule has 2 fully saturated rings. The lowest BCUT2D eigenvalue weighted by molar-refractivity contribution is -0.136. The Morgan fingerprint density at radius 2 is 1.87 bits per heavy atom. The number of fused-ring (bicyclic) bond motifs is 1. The van der Waals surface area contributed by atoms with Crippen LogP contribution in [0.5, 0.6) is 0 Å². The van der Waals surface area contributed by atoms with Crippen LogP contribution in [0.2, 0.25) is 0 Å². The lowest BCUT2D eigenvalue weighted by Crippen LogP contribution is -2.48. The van der Waals surface area contributed by atoms with Gasteiger partial charge in [0.25, 0.3) is 0 Å². The number of alkyl halides is 3. The van der Waals surface area contributed by atoms with Crippen LogP contribution >= 0.6 is 0 Å². The lowest BCUT2D eigenvalue weighted by Gasteiger charge is -2.40. The molecule has 1 aliphatic heterocycles. The highest BCUT2D eigenvalue weighted by molar-refractivity contribution is 7.91. The normalized spacial score (nSPS) is 24.5. The largest absolute Gasteiger partial charge is 0.418 e. The summed E-state index contributed by atoms with van der Waals surface area (Å²) in [4.78, 5) is 25.3. The molecule has 13 heteroatoms. The van der Waals surface area contributed by atoms with Crippen LogP contribution in [0.25, 0.3) is 21.5 Å². The molecule has 2 aliphatic rings. The number of rotatable bonds is 6. The van der Waals surface area contributed by atoms with Crippen molar-refractivity contribution in [2.75, 3.05) is 12.3 Å². The summed E-state index contributed by atoms with van der Waals surface area (Å²) in [6, 6.07) is 11.0. The maximum Gasteiger partial charge on any atom is 0.418 e. The zero-order chi connectivity index (χ0) is 27.1. The van der Waals surface area contributed by atoms with Crippen LogP contribution < -0.4 is 0 Å². The standard InChI is InChI=1S/C25H25F3N6O3S/c26-25(27,28)19-7-4-8-20-22(19)31-23(30-20)18-11-12-34(24(18)35)21-10-9-16(32-33-29)13-15(21)14-38(36,37)17-5-2-1-3-6-17/h1-8,15-16,18,21H,9-14H2,(H,30,31)/t15-,16+,18?,21-/m0/s1. The molecule has 0 bridgehead atoms. The highest BCUT2D eigenvalue weighted by atomic mass is 32.2. The van der Waals surface area contributed by atoms with Crippen molar-refractivity contribution in [2.45, 2.75) is 54.8 Å². The van der Waals surface area contributed by atoms with Crippen LogP contribution in [0.3, 0.4) is 0 Å². The minimum atomic E-state index is -4.58. The number of halogens is 3. The second kappa shape index (κ2) is 9.95. The smallest absolute Gasteiger partial charge is 0.341 e. The van der Waals surface area contributed by atoms with E-state index in [1.54, 1.807) is 23.1 Å². The maximum absolute atomic E-state index is 13.6. The first-order valence-corrected chi connectivity index (χ1v) is 13.9. The summed E-state index contributed by atoms with van der Waals surface area (Å²) < 4.78 is 66.8. The number of carbonyl (C=O) groups is 1. The number of benzene rings is 2. The fourth-order valence-electron chi connectivity index (χ4n) is 5.73. The number of nitrogens with zero attached hydrogens (tertiary/aromatic N) is 5. The predicted molar refractivity (Wildman–Crippen MR) is 133 cm³/mol. The molecule has 1 N–H and O–H groups in total. The number of likely N-dealkylation sites (tertiary alicyclic amines) is 1. The van der Waals surface area contributed by atoms with Crippen LogP contribution in [0.4, 0.5) is 13.2 Å². The van der Waals surface area contributed by atoms with E-state index in [1.807, 2.05) is 0 Å². The average molecular weight is 547 g/mol. The highest BCUT2D eigenvalue weighted by Crippen LogP contribution is 2.39. The molecular formula is C25H25F3N6O3S. The van der Waals surface area contributed by atoms with Gasteiger partial charge in [0.05, 0.1) is 27.6 Å². The molecule has 2 heterocycles. The van der Waals surface area contributed by atoms with Gasteiger partial charge >= 0.3 is 6.18 Å². The van der Waals surface area contributed by atoms with Crippen LogP contribution in [0, 0.1) is 5.92 Å². The number of imidazole rings is 1. The van der Waals surface area contributed by atoms with Crippen LogP contribution in [0.1, 0.15) is 43.0 Å². The van der Waals surface area contributed by atoms with E-state index in [4.69, 9.17) is 5.53 Å². The van der Waals surface area contributed by atoms with Gasteiger partial charge in [-0.25, -0.2) is 13.4 Å². The third kappa shape index (κ3) is 4.95. The molecule has 9 nitrogen and oxygen atoms in total. The van der Waals surface area contributed by atoms with E-state index in [1.165, 1.54) is 24.3 Å². The van der Waals surface area contributed by atoms with Gasteiger partial charge in [-0.05, 0) is 61.4 Å². The maximum atomic E-state index is 13.6. The molecule has 1 aliphatic carbocycles. The second-order valence-corrected chi connectivity index (χ2v) is 11.8. The topological polar surface area (TPSA) is 132 Å². The molecule has 1 saturated heterocycles. The molecule has 1 amide bonds. The summed E-state index contributed by atoms with van der Waals surface area (Å²) in [5.41, 5.74) is 8.01. The molecule has 0 spiro atoms. The fraction of sp³-hybridized carbons (Fsp3) is 0.440. The Balaban J connectivity index is 1.41. The summed E-state index contributed by atoms with van der Waals surface area (Å²) in [6.07, 6.45) is -2.97. The van der Waals surface area contributed by atoms with Crippen LogP contribution in [0.15, 0.2) is 58.5 Å². The van der Waals surface area contributed by atoms with E-state index in [0.29, 0.717) is 32.2 Å². The van der Waals surface area contributed by atoms with Crippen LogP contribution in [-0.4, -0.2) is 53.6 Å². The Labute approximate surface area is 216 Å². The van der Waals surface area contributed by atoms with Crippen molar-refractivity contribution in [1.82, 2.24) is 14.9 Å². The van der Waals surface area contributed by atoms with Gasteiger partial charge in [0.1, 0.15) is 11.3 Å². The molecule has 4 atom stereocenters. The molecule has 3 aromatic rings. The number of hydrogen-bond acceptors (Lipinski definition) is 5. The first-order valence-electron chi connectivity index (χ1n) is 12.3. The molecule has 5 rings (SSSR count). The third-order valence-electron chi connectivity index (χ3n) is 7.47. The van der Waals surface area contributed by atoms with Gasteiger partial charge in [-0.1, -0.05) is 29.4 Å². The minimum Gasteiger partial charge on any atom is -0.341 e. The molecule has 38 heavy (non-hydrogen) atoms. The molecule has 1 saturated carbocycles. The van der Waals surface area contributed by atoms with E-state index in [9.17, 15) is 26.4 Å². The minimum absolute atomic E-state index is 0.167. The first kappa shape index (κ1) is 26.1. The molecular weight excluding hydrogens is 521 g/mol. The van der Waals surface area contributed by atoms with Gasteiger partial charge in [0.2, 0.25) is 5.91 Å². The quantitative estimate of drug-likeness (QED) is 0.258. The fourth-order valence-corrected chi connectivity index (χ4v) is 7.41. The molecule has 1 aromatic heterocycles. The molecule has 2 aromatic carbocycles. The SMILES string of the molecule is [N-]=[N+]=N[C@@H]1CC[C@H](N2CCC(c3nc4c(C(F)(F)F)cccc4[nH]3)C2=O)[C@H](CS(=O)(=O)c2ccccc2)C1. The summed E-state index contributed by atoms with van der Waals surface area (Å²) >= 11 is 0. The van der Waals surface area contributed by atoms with Gasteiger partial charge in [-0.3, -0.25) is 4.79 Å². The number of azide groups is 1. The van der Waals surface area contributed by atoms with Gasteiger partial charge in [-0.2, -0.15) is 13.2 Å². The Hall–Kier alpha value is -3.57. The van der Waals surface area contributed by atoms with E-state index in [0.717, 1.165) is 6.07 Å². The zero-order valence-electron chi connectivity index (χ0n) is 20.2. The number of aromatic amines is 1. The first-order chi connectivity index (χ1) is 18.1. The van der Waals surface area contributed by atoms with E-state index in [-0.39, 0.29) is 39.5 Å². The Kier molecular flexibility index (Phi) is 6.83. The Bertz CT molecular complexity index is 1500. The number of amides is 1. The van der Waals surface area contributed by atoms with Crippen molar-refractivity contribution in [2.24, 2.45) is 11.0 Å². The Morgan fingerprint density at radius 3 is 2.58 bits per heavy atom. The van der Waals surface area contributed by atoms with Gasteiger partial charge < -0.3 is 9.88 Å². The number of H-pyrrole nitrogens is 1. The number of carbonyl (C=O) groups excluding carboxylic acids is 1. The predicted octanol–water partition coefficient (Wildman–Crippen LogP) is 5.22. The lowest BCUT2D eigenvalue weighted by atomic mass is 9.82. The van der Waals surface area contributed by atoms with E-state index < -0.39 is 39.5 Å². The number of hydrogen-bond donors (Lipinski definition) is 1. The Morgan fingerprint density at radius 1 is 1.11 bits per heavy atom. The number of aromatic nitrogens is 2. The molecule has 0 radical (unpaired) electrons. The van der Waals surface area contributed by atoms with Gasteiger partial charge in [0, 0.05) is 23.5 Å². The van der Waals surface area contributed by atoms with Crippen LogP contribution in [-0.2, 0) is 20.8 Å². The summed E-state index contributed by atoms with van der Waals surface area (Å²) in [7, 11) is -3.68. The summed E-state index contributed by atoms with van der Waals surface area (Å²) in [6.45, 7) is 0.325. The third-order valence-corrected chi connectivity index (χ3v) is 9.33. The highest BCUT2D eigenvalue weighted by Gasteiger charge is 2.44. The zero-order valence-corrected chi connectivity index (χ0v) is 21.0. The monoisotopic (exact) mass is 546 g/mol. The van der Waals surface area contributed by atoms with Crippen molar-refractivity contribution < 1.29 is 26.4 Å². The van der Waals surface area contributed by atoms with Crippen molar-refractivity contribution >= 4 is 26.8 Å². The summed E-state index contributed by atoms with van der Waals surface area (Å²) in [5.74, 6) is -1.58. The second-order valence-electron chi connectivity index (χ2n) is 9.79. The van der Waals surface area contributed by atoms with Crippen molar-refractivity contribution in [3.63, 3.8) is 0 Å². The van der Waals surface area contributed by atoms with Gasteiger partial charge in [0.15, 0.2) is 9.84 Å². The van der Waals surface area contributed by atoms with Gasteiger partial charge in [-0.15, -0.1) is 0 Å². The number of nitrogens with one attached hydrogen (secondary N) is 1. The number of sulfone groups is 1. The average Bonchev–Trinajstić information content (AvgIpc) is 3.47.